The average molecular weight is 267 g/mol. The highest BCUT2D eigenvalue weighted by Crippen LogP contribution is 2.29. The van der Waals surface area contributed by atoms with Crippen LogP contribution in [-0.4, -0.2) is 27.5 Å². The van der Waals surface area contributed by atoms with Crippen LogP contribution < -0.4 is 16.6 Å². The Bertz CT molecular complexity index is 390. The van der Waals surface area contributed by atoms with E-state index in [1.165, 1.54) is 18.6 Å². The fourth-order valence-corrected chi connectivity index (χ4v) is 3.29. The van der Waals surface area contributed by atoms with Crippen molar-refractivity contribution in [3.05, 3.63) is 11.9 Å². The molecular formula is C12H21N5S. The average Bonchev–Trinajstić information content (AvgIpc) is 2.39. The van der Waals surface area contributed by atoms with E-state index in [0.29, 0.717) is 17.8 Å². The number of nitrogen functional groups attached to an aromatic ring is 1. The molecule has 0 radical (unpaired) electrons. The van der Waals surface area contributed by atoms with Crippen molar-refractivity contribution in [1.82, 2.24) is 9.97 Å². The summed E-state index contributed by atoms with van der Waals surface area (Å²) < 4.78 is 0. The summed E-state index contributed by atoms with van der Waals surface area (Å²) in [6.45, 7) is 4.25. The van der Waals surface area contributed by atoms with E-state index in [2.05, 4.69) is 34.6 Å². The Balaban J connectivity index is 2.20. The van der Waals surface area contributed by atoms with Gasteiger partial charge < -0.3 is 10.7 Å². The molecule has 1 saturated heterocycles. The van der Waals surface area contributed by atoms with Gasteiger partial charge in [0.1, 0.15) is 18.0 Å². The zero-order valence-electron chi connectivity index (χ0n) is 10.9. The van der Waals surface area contributed by atoms with Gasteiger partial charge in [0.15, 0.2) is 0 Å². The van der Waals surface area contributed by atoms with Gasteiger partial charge in [-0.05, 0) is 24.5 Å². The van der Waals surface area contributed by atoms with Gasteiger partial charge in [-0.3, -0.25) is 0 Å². The molecule has 0 aliphatic carbocycles. The number of nitrogens with zero attached hydrogens (tertiary/aromatic N) is 2. The van der Waals surface area contributed by atoms with E-state index >= 15 is 0 Å². The molecule has 2 rings (SSSR count). The second-order valence-electron chi connectivity index (χ2n) is 4.84. The first-order valence-corrected chi connectivity index (χ1v) is 7.53. The predicted octanol–water partition coefficient (Wildman–Crippen LogP) is 2.19. The van der Waals surface area contributed by atoms with Crippen LogP contribution >= 0.6 is 11.8 Å². The second-order valence-corrected chi connectivity index (χ2v) is 5.99. The SMILES string of the molecule is CC(C)c1c(NN)ncnc1NC1CCCSC1. The van der Waals surface area contributed by atoms with Crippen LogP contribution in [0.4, 0.5) is 11.6 Å². The molecule has 1 aromatic heterocycles. The number of aromatic nitrogens is 2. The molecular weight excluding hydrogens is 246 g/mol. The highest BCUT2D eigenvalue weighted by Gasteiger charge is 2.19. The maximum Gasteiger partial charge on any atom is 0.148 e. The van der Waals surface area contributed by atoms with E-state index in [-0.39, 0.29) is 0 Å². The molecule has 0 amide bonds. The van der Waals surface area contributed by atoms with Gasteiger partial charge in [-0.15, -0.1) is 0 Å². The van der Waals surface area contributed by atoms with Gasteiger partial charge in [0.2, 0.25) is 0 Å². The minimum Gasteiger partial charge on any atom is -0.366 e. The van der Waals surface area contributed by atoms with Gasteiger partial charge in [0.25, 0.3) is 0 Å². The van der Waals surface area contributed by atoms with Crippen LogP contribution in [0, 0.1) is 0 Å². The van der Waals surface area contributed by atoms with Gasteiger partial charge in [0.05, 0.1) is 0 Å². The van der Waals surface area contributed by atoms with Gasteiger partial charge in [0, 0.05) is 17.4 Å². The Hall–Kier alpha value is -1.01. The smallest absolute Gasteiger partial charge is 0.148 e. The zero-order valence-corrected chi connectivity index (χ0v) is 11.8. The number of rotatable bonds is 4. The standard InChI is InChI=1S/C12H21N5S/c1-8(2)10-11(14-7-15-12(10)17-13)16-9-4-3-5-18-6-9/h7-9H,3-6,13H2,1-2H3,(H2,14,15,16,17). The molecule has 1 aliphatic heterocycles. The lowest BCUT2D eigenvalue weighted by molar-refractivity contribution is 0.678. The normalized spacial score (nSPS) is 19.9. The van der Waals surface area contributed by atoms with E-state index in [1.807, 2.05) is 11.8 Å². The Morgan fingerprint density at radius 2 is 2.17 bits per heavy atom. The van der Waals surface area contributed by atoms with Crippen LogP contribution in [0.25, 0.3) is 0 Å². The van der Waals surface area contributed by atoms with Gasteiger partial charge in [-0.2, -0.15) is 11.8 Å². The third-order valence-corrected chi connectivity index (χ3v) is 4.31. The van der Waals surface area contributed by atoms with Crippen LogP contribution in [0.15, 0.2) is 6.33 Å². The molecule has 0 aromatic carbocycles. The Morgan fingerprint density at radius 3 is 2.78 bits per heavy atom. The molecule has 0 spiro atoms. The first-order chi connectivity index (χ1) is 8.72. The molecule has 1 aromatic rings. The third kappa shape index (κ3) is 3.05. The minimum absolute atomic E-state index is 0.330. The number of thioether (sulfide) groups is 1. The van der Waals surface area contributed by atoms with Crippen molar-refractivity contribution in [2.45, 2.75) is 38.6 Å². The third-order valence-electron chi connectivity index (χ3n) is 3.10. The molecule has 100 valence electrons. The Kier molecular flexibility index (Phi) is 4.66. The zero-order chi connectivity index (χ0) is 13.0. The molecule has 1 unspecified atom stereocenters. The number of nitrogens with two attached hydrogens (primary N) is 1. The topological polar surface area (TPSA) is 75.9 Å². The van der Waals surface area contributed by atoms with Gasteiger partial charge >= 0.3 is 0 Å². The molecule has 6 heteroatoms. The fraction of sp³-hybridized carbons (Fsp3) is 0.667. The van der Waals surface area contributed by atoms with Crippen molar-refractivity contribution in [3.63, 3.8) is 0 Å². The Labute approximate surface area is 112 Å². The van der Waals surface area contributed by atoms with Crippen LogP contribution in [0.2, 0.25) is 0 Å². The minimum atomic E-state index is 0.330. The monoisotopic (exact) mass is 267 g/mol. The van der Waals surface area contributed by atoms with E-state index in [9.17, 15) is 0 Å². The highest BCUT2D eigenvalue weighted by molar-refractivity contribution is 7.99. The van der Waals surface area contributed by atoms with Crippen LogP contribution in [0.3, 0.4) is 0 Å². The molecule has 4 N–H and O–H groups in total. The largest absolute Gasteiger partial charge is 0.366 e. The summed E-state index contributed by atoms with van der Waals surface area (Å²) in [5.74, 6) is 9.90. The van der Waals surface area contributed by atoms with Crippen LogP contribution in [0.5, 0.6) is 0 Å². The summed E-state index contributed by atoms with van der Waals surface area (Å²) in [6, 6.07) is 0.502. The van der Waals surface area contributed by atoms with Crippen LogP contribution in [-0.2, 0) is 0 Å². The molecule has 1 aliphatic rings. The van der Waals surface area contributed by atoms with Crippen molar-refractivity contribution in [2.75, 3.05) is 22.2 Å². The molecule has 0 saturated carbocycles. The van der Waals surface area contributed by atoms with Crippen molar-refractivity contribution < 1.29 is 0 Å². The fourth-order valence-electron chi connectivity index (χ4n) is 2.22. The number of hydrazine groups is 1. The maximum absolute atomic E-state index is 5.52. The van der Waals surface area contributed by atoms with E-state index in [0.717, 1.165) is 17.1 Å². The summed E-state index contributed by atoms with van der Waals surface area (Å²) in [7, 11) is 0. The first kappa shape index (κ1) is 13.4. The summed E-state index contributed by atoms with van der Waals surface area (Å²) in [6.07, 6.45) is 4.03. The van der Waals surface area contributed by atoms with Crippen molar-refractivity contribution in [1.29, 1.82) is 0 Å². The van der Waals surface area contributed by atoms with E-state index in [4.69, 9.17) is 5.84 Å². The summed E-state index contributed by atoms with van der Waals surface area (Å²) in [4.78, 5) is 8.56. The quantitative estimate of drug-likeness (QED) is 0.573. The Morgan fingerprint density at radius 1 is 1.39 bits per heavy atom. The molecule has 2 heterocycles. The summed E-state index contributed by atoms with van der Waals surface area (Å²) in [5, 5.41) is 3.54. The van der Waals surface area contributed by atoms with Crippen molar-refractivity contribution in [2.24, 2.45) is 5.84 Å². The second kappa shape index (κ2) is 6.24. The number of hydrogen-bond acceptors (Lipinski definition) is 6. The lowest BCUT2D eigenvalue weighted by Gasteiger charge is -2.25. The lowest BCUT2D eigenvalue weighted by Crippen LogP contribution is -2.27. The predicted molar refractivity (Wildman–Crippen MR) is 77.9 cm³/mol. The van der Waals surface area contributed by atoms with E-state index in [1.54, 1.807) is 6.33 Å². The summed E-state index contributed by atoms with van der Waals surface area (Å²) in [5.41, 5.74) is 3.72. The highest BCUT2D eigenvalue weighted by atomic mass is 32.2. The summed E-state index contributed by atoms with van der Waals surface area (Å²) >= 11 is 2.00. The van der Waals surface area contributed by atoms with E-state index < -0.39 is 0 Å². The van der Waals surface area contributed by atoms with Crippen molar-refractivity contribution >= 4 is 23.4 Å². The van der Waals surface area contributed by atoms with Gasteiger partial charge in [-0.1, -0.05) is 13.8 Å². The molecule has 5 nitrogen and oxygen atoms in total. The van der Waals surface area contributed by atoms with Crippen LogP contribution in [0.1, 0.15) is 38.2 Å². The molecule has 1 fully saturated rings. The first-order valence-electron chi connectivity index (χ1n) is 6.38. The van der Waals surface area contributed by atoms with Gasteiger partial charge in [-0.25, -0.2) is 15.8 Å². The van der Waals surface area contributed by atoms with Crippen molar-refractivity contribution in [3.8, 4) is 0 Å². The molecule has 18 heavy (non-hydrogen) atoms. The number of nitrogens with one attached hydrogen (secondary N) is 2. The number of hydrogen-bond donors (Lipinski definition) is 3. The number of anilines is 2. The lowest BCUT2D eigenvalue weighted by atomic mass is 10.0. The molecule has 1 atom stereocenters. The maximum atomic E-state index is 5.52. The molecule has 0 bridgehead atoms.